The molecule has 1 amide bonds. The van der Waals surface area contributed by atoms with Gasteiger partial charge in [0.25, 0.3) is 5.91 Å². The first-order valence-electron chi connectivity index (χ1n) is 8.16. The zero-order valence-electron chi connectivity index (χ0n) is 14.9. The van der Waals surface area contributed by atoms with E-state index in [2.05, 4.69) is 17.0 Å². The Morgan fingerprint density at radius 2 is 2.08 bits per heavy atom. The zero-order chi connectivity index (χ0) is 17.5. The molecule has 1 fully saturated rings. The van der Waals surface area contributed by atoms with Crippen LogP contribution >= 0.6 is 0 Å². The molecule has 2 aromatic heterocycles. The van der Waals surface area contributed by atoms with Gasteiger partial charge in [0, 0.05) is 45.6 Å². The number of likely N-dealkylation sites (tertiary alicyclic amines) is 1. The van der Waals surface area contributed by atoms with Crippen LogP contribution in [0.5, 0.6) is 0 Å². The monoisotopic (exact) mass is 328 g/mol. The summed E-state index contributed by atoms with van der Waals surface area (Å²) in [4.78, 5) is 26.1. The predicted octanol–water partition coefficient (Wildman–Crippen LogP) is 1.74. The van der Waals surface area contributed by atoms with E-state index in [1.54, 1.807) is 16.9 Å². The molecule has 0 unspecified atom stereocenters. The Hall–Kier alpha value is -2.44. The van der Waals surface area contributed by atoms with Crippen molar-refractivity contribution in [2.75, 3.05) is 25.5 Å². The van der Waals surface area contributed by atoms with Gasteiger partial charge in [-0.15, -0.1) is 0 Å². The maximum absolute atomic E-state index is 12.9. The van der Waals surface area contributed by atoms with E-state index >= 15 is 0 Å². The minimum Gasteiger partial charge on any atom is -0.363 e. The Morgan fingerprint density at radius 3 is 2.71 bits per heavy atom. The maximum Gasteiger partial charge on any atom is 0.275 e. The van der Waals surface area contributed by atoms with Crippen LogP contribution in [0.2, 0.25) is 0 Å². The molecule has 0 aliphatic carbocycles. The predicted molar refractivity (Wildman–Crippen MR) is 91.9 cm³/mol. The van der Waals surface area contributed by atoms with Crippen LogP contribution in [-0.4, -0.2) is 51.2 Å². The number of carbonyl (C=O) groups is 1. The van der Waals surface area contributed by atoms with Crippen molar-refractivity contribution in [1.82, 2.24) is 24.6 Å². The largest absolute Gasteiger partial charge is 0.363 e. The molecule has 1 atom stereocenters. The lowest BCUT2D eigenvalue weighted by molar-refractivity contribution is 0.0596. The number of hydrogen-bond acceptors (Lipinski definition) is 5. The van der Waals surface area contributed by atoms with Gasteiger partial charge in [-0.25, -0.2) is 9.97 Å². The molecule has 7 nitrogen and oxygen atoms in total. The third-order valence-electron chi connectivity index (χ3n) is 4.60. The molecule has 3 heterocycles. The van der Waals surface area contributed by atoms with Crippen molar-refractivity contribution in [3.8, 4) is 0 Å². The molecule has 0 spiro atoms. The van der Waals surface area contributed by atoms with Gasteiger partial charge in [-0.1, -0.05) is 0 Å². The van der Waals surface area contributed by atoms with Crippen LogP contribution in [0.4, 0.5) is 5.82 Å². The first-order chi connectivity index (χ1) is 11.3. The first kappa shape index (κ1) is 16.4. The van der Waals surface area contributed by atoms with Gasteiger partial charge in [0.1, 0.15) is 17.1 Å². The summed E-state index contributed by atoms with van der Waals surface area (Å²) in [6.45, 7) is 4.71. The highest BCUT2D eigenvalue weighted by Gasteiger charge is 2.44. The fourth-order valence-electron chi connectivity index (χ4n) is 3.21. The summed E-state index contributed by atoms with van der Waals surface area (Å²) in [6, 6.07) is 3.70. The van der Waals surface area contributed by atoms with E-state index in [-0.39, 0.29) is 5.91 Å². The summed E-state index contributed by atoms with van der Waals surface area (Å²) in [5.41, 5.74) is 0.860. The minimum atomic E-state index is -0.509. The molecule has 1 aliphatic rings. The highest BCUT2D eigenvalue weighted by atomic mass is 16.2. The molecule has 0 radical (unpaired) electrons. The van der Waals surface area contributed by atoms with Crippen LogP contribution in [-0.2, 0) is 12.6 Å². The lowest BCUT2D eigenvalue weighted by Gasteiger charge is -2.34. The lowest BCUT2D eigenvalue weighted by Crippen LogP contribution is -2.44. The van der Waals surface area contributed by atoms with Crippen molar-refractivity contribution in [1.29, 1.82) is 0 Å². The second kappa shape index (κ2) is 5.89. The summed E-state index contributed by atoms with van der Waals surface area (Å²) in [7, 11) is 5.73. The van der Waals surface area contributed by atoms with Gasteiger partial charge in [0.05, 0.1) is 0 Å². The fraction of sp³-hybridized carbons (Fsp3) is 0.529. The first-order valence-corrected chi connectivity index (χ1v) is 8.16. The van der Waals surface area contributed by atoms with E-state index in [9.17, 15) is 4.79 Å². The molecule has 7 heteroatoms. The van der Waals surface area contributed by atoms with E-state index in [0.717, 1.165) is 24.4 Å². The van der Waals surface area contributed by atoms with Gasteiger partial charge in [0.2, 0.25) is 0 Å². The third-order valence-corrected chi connectivity index (χ3v) is 4.60. The molecule has 0 aromatic carbocycles. The third kappa shape index (κ3) is 2.74. The smallest absolute Gasteiger partial charge is 0.275 e. The number of rotatable bonds is 3. The highest BCUT2D eigenvalue weighted by molar-refractivity contribution is 5.93. The number of hydrogen-bond donors (Lipinski definition) is 0. The molecule has 2 aromatic rings. The molecule has 24 heavy (non-hydrogen) atoms. The van der Waals surface area contributed by atoms with Crippen molar-refractivity contribution in [2.45, 2.75) is 32.2 Å². The van der Waals surface area contributed by atoms with Crippen molar-refractivity contribution < 1.29 is 4.79 Å². The average molecular weight is 328 g/mol. The van der Waals surface area contributed by atoms with Crippen LogP contribution in [0, 0.1) is 6.92 Å². The Kier molecular flexibility index (Phi) is 4.03. The zero-order valence-corrected chi connectivity index (χ0v) is 14.9. The second-order valence-electron chi connectivity index (χ2n) is 6.79. The van der Waals surface area contributed by atoms with E-state index < -0.39 is 5.54 Å². The minimum absolute atomic E-state index is 0.0629. The van der Waals surface area contributed by atoms with Crippen molar-refractivity contribution in [2.24, 2.45) is 7.05 Å². The average Bonchev–Trinajstić information content (AvgIpc) is 3.13. The standard InChI is InChI=1S/C17H24N6O/c1-12-11-14(21(3)4)19-16(18-12)17(2)8-6-9-23(17)15(24)13-7-10-22(5)20-13/h7,10-11H,6,8-9H2,1-5H3/t17-/m0/s1. The molecule has 128 valence electrons. The molecule has 1 saturated heterocycles. The Bertz CT molecular complexity index is 768. The highest BCUT2D eigenvalue weighted by Crippen LogP contribution is 2.38. The Labute approximate surface area is 142 Å². The molecule has 0 N–H and O–H groups in total. The summed E-state index contributed by atoms with van der Waals surface area (Å²) in [6.07, 6.45) is 3.57. The number of carbonyl (C=O) groups excluding carboxylic acids is 1. The molecule has 3 rings (SSSR count). The van der Waals surface area contributed by atoms with Crippen molar-refractivity contribution in [3.63, 3.8) is 0 Å². The molecule has 0 bridgehead atoms. The van der Waals surface area contributed by atoms with Crippen LogP contribution in [0.15, 0.2) is 18.3 Å². The summed E-state index contributed by atoms with van der Waals surface area (Å²) in [5.74, 6) is 1.50. The van der Waals surface area contributed by atoms with Crippen molar-refractivity contribution >= 4 is 11.7 Å². The Morgan fingerprint density at radius 1 is 1.33 bits per heavy atom. The number of anilines is 1. The van der Waals surface area contributed by atoms with E-state index in [1.165, 1.54) is 0 Å². The fourth-order valence-corrected chi connectivity index (χ4v) is 3.21. The van der Waals surface area contributed by atoms with Gasteiger partial charge in [-0.2, -0.15) is 5.10 Å². The number of nitrogens with zero attached hydrogens (tertiary/aromatic N) is 6. The van der Waals surface area contributed by atoms with Gasteiger partial charge >= 0.3 is 0 Å². The van der Waals surface area contributed by atoms with Crippen LogP contribution < -0.4 is 4.90 Å². The van der Waals surface area contributed by atoms with E-state index in [4.69, 9.17) is 4.98 Å². The molecule has 1 aliphatic heterocycles. The molecular weight excluding hydrogens is 304 g/mol. The van der Waals surface area contributed by atoms with Gasteiger partial charge in [0.15, 0.2) is 5.82 Å². The molecular formula is C17H24N6O. The number of aromatic nitrogens is 4. The van der Waals surface area contributed by atoms with Crippen LogP contribution in [0.3, 0.4) is 0 Å². The van der Waals surface area contributed by atoms with Gasteiger partial charge in [-0.05, 0) is 32.8 Å². The van der Waals surface area contributed by atoms with E-state index in [1.807, 2.05) is 43.9 Å². The van der Waals surface area contributed by atoms with Crippen molar-refractivity contribution in [3.05, 3.63) is 35.5 Å². The van der Waals surface area contributed by atoms with Crippen LogP contribution in [0.1, 0.15) is 41.8 Å². The quantitative estimate of drug-likeness (QED) is 0.858. The number of amides is 1. The maximum atomic E-state index is 12.9. The summed E-state index contributed by atoms with van der Waals surface area (Å²) in [5, 5.41) is 4.25. The number of aryl methyl sites for hydroxylation is 2. The normalized spacial score (nSPS) is 20.5. The molecule has 0 saturated carbocycles. The van der Waals surface area contributed by atoms with Gasteiger partial charge in [-0.3, -0.25) is 9.48 Å². The van der Waals surface area contributed by atoms with Gasteiger partial charge < -0.3 is 9.80 Å². The second-order valence-corrected chi connectivity index (χ2v) is 6.79. The topological polar surface area (TPSA) is 67.2 Å². The Balaban J connectivity index is 2.00. The summed E-state index contributed by atoms with van der Waals surface area (Å²) >= 11 is 0. The lowest BCUT2D eigenvalue weighted by atomic mass is 9.97. The SMILES string of the molecule is Cc1cc(N(C)C)nc([C@]2(C)CCCN2C(=O)c2ccn(C)n2)n1. The van der Waals surface area contributed by atoms with Crippen LogP contribution in [0.25, 0.3) is 0 Å². The summed E-state index contributed by atoms with van der Waals surface area (Å²) < 4.78 is 1.65. The van der Waals surface area contributed by atoms with E-state index in [0.29, 0.717) is 18.1 Å².